The van der Waals surface area contributed by atoms with Gasteiger partial charge in [0.2, 0.25) is 5.95 Å². The molecular weight excluding hydrogens is 304 g/mol. The normalized spacial score (nSPS) is 10.8. The number of benzene rings is 1. The molecule has 2 heterocycles. The minimum atomic E-state index is 0.753. The minimum Gasteiger partial charge on any atom is -0.359 e. The summed E-state index contributed by atoms with van der Waals surface area (Å²) in [7, 11) is 1.87. The zero-order valence-electron chi connectivity index (χ0n) is 10.5. The van der Waals surface area contributed by atoms with Crippen LogP contribution in [-0.2, 0) is 6.54 Å². The van der Waals surface area contributed by atoms with Gasteiger partial charge in [0.25, 0.3) is 0 Å². The molecule has 0 aliphatic carbocycles. The van der Waals surface area contributed by atoms with E-state index in [4.69, 9.17) is 0 Å². The van der Waals surface area contributed by atoms with Gasteiger partial charge in [-0.2, -0.15) is 4.98 Å². The fraction of sp³-hybridized carbons (Fsp3) is 0.143. The Hall–Kier alpha value is -1.88. The monoisotopic (exact) mass is 316 g/mol. The van der Waals surface area contributed by atoms with Crippen molar-refractivity contribution >= 4 is 33.0 Å². The number of anilines is 1. The highest BCUT2D eigenvalue weighted by Crippen LogP contribution is 2.22. The summed E-state index contributed by atoms with van der Waals surface area (Å²) in [5, 5.41) is 3.12. The van der Waals surface area contributed by atoms with Crippen molar-refractivity contribution in [1.82, 2.24) is 14.5 Å². The molecule has 0 radical (unpaired) electrons. The number of rotatable bonds is 3. The van der Waals surface area contributed by atoms with Gasteiger partial charge in [-0.3, -0.25) is 0 Å². The van der Waals surface area contributed by atoms with Crippen LogP contribution in [0, 0.1) is 0 Å². The molecule has 0 saturated heterocycles. The number of imidazole rings is 1. The van der Waals surface area contributed by atoms with E-state index in [1.165, 1.54) is 5.56 Å². The van der Waals surface area contributed by atoms with Crippen molar-refractivity contribution in [3.63, 3.8) is 0 Å². The fourth-order valence-electron chi connectivity index (χ4n) is 2.10. The average molecular weight is 317 g/mol. The van der Waals surface area contributed by atoms with Gasteiger partial charge in [0.1, 0.15) is 0 Å². The summed E-state index contributed by atoms with van der Waals surface area (Å²) in [6, 6.07) is 12.4. The van der Waals surface area contributed by atoms with Gasteiger partial charge >= 0.3 is 0 Å². The Bertz CT molecular complexity index is 706. The molecule has 5 heteroatoms. The fourth-order valence-corrected chi connectivity index (χ4v) is 2.42. The first-order chi connectivity index (χ1) is 9.28. The molecule has 2 aromatic heterocycles. The van der Waals surface area contributed by atoms with Gasteiger partial charge in [0, 0.05) is 17.7 Å². The maximum Gasteiger partial charge on any atom is 0.205 e. The van der Waals surface area contributed by atoms with Crippen LogP contribution in [0.15, 0.2) is 47.1 Å². The van der Waals surface area contributed by atoms with Gasteiger partial charge in [-0.15, -0.1) is 0 Å². The number of hydrogen-bond acceptors (Lipinski definition) is 3. The van der Waals surface area contributed by atoms with Gasteiger partial charge in [0.05, 0.1) is 12.1 Å². The molecule has 3 aromatic rings. The van der Waals surface area contributed by atoms with Crippen LogP contribution in [-0.4, -0.2) is 21.6 Å². The Labute approximate surface area is 119 Å². The number of pyridine rings is 1. The van der Waals surface area contributed by atoms with E-state index in [1.807, 2.05) is 31.3 Å². The molecule has 3 rings (SSSR count). The topological polar surface area (TPSA) is 42.7 Å². The van der Waals surface area contributed by atoms with E-state index in [-0.39, 0.29) is 0 Å². The number of nitrogens with one attached hydrogen (secondary N) is 1. The molecular formula is C14H13BrN4. The maximum absolute atomic E-state index is 4.49. The summed E-state index contributed by atoms with van der Waals surface area (Å²) < 4.78 is 3.08. The smallest absolute Gasteiger partial charge is 0.205 e. The van der Waals surface area contributed by atoms with Gasteiger partial charge < -0.3 is 9.88 Å². The van der Waals surface area contributed by atoms with Crippen LogP contribution in [0.5, 0.6) is 0 Å². The summed E-state index contributed by atoms with van der Waals surface area (Å²) in [6.45, 7) is 0.769. The summed E-state index contributed by atoms with van der Waals surface area (Å²) in [5.74, 6) is 0.824. The third-order valence-electron chi connectivity index (χ3n) is 2.98. The van der Waals surface area contributed by atoms with Crippen LogP contribution in [0.25, 0.3) is 11.2 Å². The van der Waals surface area contributed by atoms with E-state index >= 15 is 0 Å². The lowest BCUT2D eigenvalue weighted by atomic mass is 10.2. The maximum atomic E-state index is 4.49. The molecule has 0 atom stereocenters. The molecule has 1 aromatic carbocycles. The van der Waals surface area contributed by atoms with Crippen LogP contribution in [0.4, 0.5) is 5.95 Å². The summed E-state index contributed by atoms with van der Waals surface area (Å²) in [4.78, 5) is 8.82. The molecule has 0 aliphatic heterocycles. The zero-order chi connectivity index (χ0) is 13.2. The molecule has 0 bridgehead atoms. The Morgan fingerprint density at radius 3 is 2.79 bits per heavy atom. The van der Waals surface area contributed by atoms with E-state index in [1.54, 1.807) is 6.20 Å². The lowest BCUT2D eigenvalue weighted by molar-refractivity contribution is 0.832. The van der Waals surface area contributed by atoms with Gasteiger partial charge in [-0.1, -0.05) is 30.3 Å². The second-order valence-corrected chi connectivity index (χ2v) is 5.17. The first-order valence-corrected chi connectivity index (χ1v) is 6.80. The Balaban J connectivity index is 2.12. The van der Waals surface area contributed by atoms with Crippen molar-refractivity contribution in [2.75, 3.05) is 12.4 Å². The van der Waals surface area contributed by atoms with E-state index in [0.717, 1.165) is 28.1 Å². The molecule has 0 saturated carbocycles. The van der Waals surface area contributed by atoms with Crippen LogP contribution in [0.2, 0.25) is 0 Å². The van der Waals surface area contributed by atoms with Crippen molar-refractivity contribution in [3.8, 4) is 0 Å². The second kappa shape index (κ2) is 5.01. The average Bonchev–Trinajstić information content (AvgIpc) is 2.78. The SMILES string of the molecule is CNc1nc2ncc(Br)cc2n1Cc1ccccc1. The molecule has 0 fully saturated rings. The highest BCUT2D eigenvalue weighted by Gasteiger charge is 2.11. The van der Waals surface area contributed by atoms with Crippen molar-refractivity contribution < 1.29 is 0 Å². The first kappa shape index (κ1) is 12.2. The van der Waals surface area contributed by atoms with Crippen molar-refractivity contribution in [2.45, 2.75) is 6.54 Å². The Morgan fingerprint density at radius 1 is 1.26 bits per heavy atom. The summed E-state index contributed by atoms with van der Waals surface area (Å²) in [5.41, 5.74) is 3.00. The zero-order valence-corrected chi connectivity index (χ0v) is 12.1. The minimum absolute atomic E-state index is 0.753. The molecule has 0 unspecified atom stereocenters. The van der Waals surface area contributed by atoms with Crippen LogP contribution >= 0.6 is 15.9 Å². The predicted molar refractivity (Wildman–Crippen MR) is 80.3 cm³/mol. The Morgan fingerprint density at radius 2 is 2.05 bits per heavy atom. The van der Waals surface area contributed by atoms with Crippen LogP contribution in [0.1, 0.15) is 5.56 Å². The summed E-state index contributed by atoms with van der Waals surface area (Å²) in [6.07, 6.45) is 1.77. The first-order valence-electron chi connectivity index (χ1n) is 6.01. The number of hydrogen-bond donors (Lipinski definition) is 1. The molecule has 0 aliphatic rings. The number of fused-ring (bicyclic) bond motifs is 1. The van der Waals surface area contributed by atoms with Gasteiger partial charge in [0.15, 0.2) is 5.65 Å². The van der Waals surface area contributed by atoms with E-state index < -0.39 is 0 Å². The van der Waals surface area contributed by atoms with Crippen molar-refractivity contribution in [2.24, 2.45) is 0 Å². The van der Waals surface area contributed by atoms with Crippen LogP contribution < -0.4 is 5.32 Å². The number of aromatic nitrogens is 3. The van der Waals surface area contributed by atoms with Crippen LogP contribution in [0.3, 0.4) is 0 Å². The van der Waals surface area contributed by atoms with Gasteiger partial charge in [-0.25, -0.2) is 4.98 Å². The lowest BCUT2D eigenvalue weighted by Gasteiger charge is -2.08. The molecule has 96 valence electrons. The van der Waals surface area contributed by atoms with Crippen molar-refractivity contribution in [1.29, 1.82) is 0 Å². The largest absolute Gasteiger partial charge is 0.359 e. The molecule has 0 spiro atoms. The van der Waals surface area contributed by atoms with Gasteiger partial charge in [-0.05, 0) is 27.6 Å². The quantitative estimate of drug-likeness (QED) is 0.806. The van der Waals surface area contributed by atoms with E-state index in [0.29, 0.717) is 0 Å². The molecule has 0 amide bonds. The molecule has 1 N–H and O–H groups in total. The third-order valence-corrected chi connectivity index (χ3v) is 3.41. The number of halogens is 1. The molecule has 19 heavy (non-hydrogen) atoms. The van der Waals surface area contributed by atoms with Crippen molar-refractivity contribution in [3.05, 3.63) is 52.6 Å². The summed E-state index contributed by atoms with van der Waals surface area (Å²) >= 11 is 3.46. The predicted octanol–water partition coefficient (Wildman–Crippen LogP) is 3.28. The Kier molecular flexibility index (Phi) is 3.21. The highest BCUT2D eigenvalue weighted by atomic mass is 79.9. The standard InChI is InChI=1S/C14H13BrN4/c1-16-14-18-13-12(7-11(15)8-17-13)19(14)9-10-5-3-2-4-6-10/h2-8H,9H2,1H3,(H,16,17,18). The third kappa shape index (κ3) is 2.33. The highest BCUT2D eigenvalue weighted by molar-refractivity contribution is 9.10. The van der Waals surface area contributed by atoms with E-state index in [9.17, 15) is 0 Å². The van der Waals surface area contributed by atoms with E-state index in [2.05, 4.69) is 47.9 Å². The lowest BCUT2D eigenvalue weighted by Crippen LogP contribution is -2.04. The number of nitrogens with zero attached hydrogens (tertiary/aromatic N) is 3. The second-order valence-electron chi connectivity index (χ2n) is 4.25. The molecule has 4 nitrogen and oxygen atoms in total.